The Bertz CT molecular complexity index is 584. The zero-order valence-electron chi connectivity index (χ0n) is 10.4. The van der Waals surface area contributed by atoms with E-state index in [0.29, 0.717) is 5.92 Å². The number of hydrogen-bond acceptors (Lipinski definition) is 4. The highest BCUT2D eigenvalue weighted by Crippen LogP contribution is 2.32. The van der Waals surface area contributed by atoms with E-state index in [1.54, 1.807) is 18.3 Å². The lowest BCUT2D eigenvalue weighted by Crippen LogP contribution is -2.26. The second kappa shape index (κ2) is 4.78. The van der Waals surface area contributed by atoms with Crippen LogP contribution in [0.5, 0.6) is 0 Å². The van der Waals surface area contributed by atoms with Gasteiger partial charge in [-0.25, -0.2) is 4.98 Å². The molecule has 1 aromatic carbocycles. The van der Waals surface area contributed by atoms with Gasteiger partial charge in [0.05, 0.1) is 15.2 Å². The zero-order chi connectivity index (χ0) is 12.5. The quantitative estimate of drug-likeness (QED) is 0.844. The molecule has 3 nitrogen and oxygen atoms in total. The van der Waals surface area contributed by atoms with Crippen LogP contribution >= 0.6 is 11.3 Å². The number of nitrogens with one attached hydrogen (secondary N) is 1. The van der Waals surface area contributed by atoms with Crippen LogP contribution in [0.15, 0.2) is 18.2 Å². The Morgan fingerprint density at radius 2 is 2.17 bits per heavy atom. The van der Waals surface area contributed by atoms with Crippen LogP contribution < -0.4 is 5.32 Å². The molecule has 2 heterocycles. The van der Waals surface area contributed by atoms with E-state index in [2.05, 4.69) is 5.32 Å². The van der Waals surface area contributed by atoms with Gasteiger partial charge in [-0.1, -0.05) is 0 Å². The molecule has 1 aliphatic heterocycles. The Morgan fingerprint density at radius 1 is 1.39 bits per heavy atom. The number of hydrogen-bond donors (Lipinski definition) is 1. The molecule has 0 spiro atoms. The molecule has 1 saturated heterocycles. The Labute approximate surface area is 110 Å². The van der Waals surface area contributed by atoms with E-state index in [-0.39, 0.29) is 5.78 Å². The third-order valence-electron chi connectivity index (χ3n) is 3.50. The number of thiazole rings is 1. The van der Waals surface area contributed by atoms with Crippen molar-refractivity contribution in [2.24, 2.45) is 0 Å². The van der Waals surface area contributed by atoms with Gasteiger partial charge in [0.2, 0.25) is 0 Å². The predicted molar refractivity (Wildman–Crippen MR) is 74.5 cm³/mol. The lowest BCUT2D eigenvalue weighted by atomic mass is 9.99. The number of Topliss-reactive ketones (excluding diaryl/α,β-unsaturated/α-hetero) is 1. The SMILES string of the molecule is CC(=O)c1ccc2nc(C3CCNCC3)sc2c1. The van der Waals surface area contributed by atoms with Crippen molar-refractivity contribution < 1.29 is 4.79 Å². The molecule has 1 aliphatic rings. The van der Waals surface area contributed by atoms with Crippen molar-refractivity contribution in [3.05, 3.63) is 28.8 Å². The number of fused-ring (bicyclic) bond motifs is 1. The number of rotatable bonds is 2. The second-order valence-corrected chi connectivity index (χ2v) is 5.88. The van der Waals surface area contributed by atoms with Crippen molar-refractivity contribution in [2.75, 3.05) is 13.1 Å². The number of aromatic nitrogens is 1. The van der Waals surface area contributed by atoms with Crippen molar-refractivity contribution >= 4 is 27.3 Å². The van der Waals surface area contributed by atoms with Crippen molar-refractivity contribution in [3.8, 4) is 0 Å². The van der Waals surface area contributed by atoms with Crippen LogP contribution in [0.3, 0.4) is 0 Å². The third kappa shape index (κ3) is 2.18. The van der Waals surface area contributed by atoms with Crippen LogP contribution in [0, 0.1) is 0 Å². The summed E-state index contributed by atoms with van der Waals surface area (Å²) < 4.78 is 1.14. The first-order chi connectivity index (χ1) is 8.74. The van der Waals surface area contributed by atoms with Gasteiger partial charge in [-0.05, 0) is 51.1 Å². The fraction of sp³-hybridized carbons (Fsp3) is 0.429. The van der Waals surface area contributed by atoms with Gasteiger partial charge < -0.3 is 5.32 Å². The summed E-state index contributed by atoms with van der Waals surface area (Å²) in [7, 11) is 0. The highest BCUT2D eigenvalue weighted by molar-refractivity contribution is 7.18. The zero-order valence-corrected chi connectivity index (χ0v) is 11.2. The van der Waals surface area contributed by atoms with Gasteiger partial charge in [0, 0.05) is 11.5 Å². The molecule has 0 bridgehead atoms. The number of piperidine rings is 1. The average Bonchev–Trinajstić information content (AvgIpc) is 2.82. The number of carbonyl (C=O) groups excluding carboxylic acids is 1. The largest absolute Gasteiger partial charge is 0.317 e. The van der Waals surface area contributed by atoms with Crippen LogP contribution in [0.25, 0.3) is 10.2 Å². The summed E-state index contributed by atoms with van der Waals surface area (Å²) in [4.78, 5) is 16.1. The van der Waals surface area contributed by atoms with Gasteiger partial charge in [0.15, 0.2) is 5.78 Å². The summed E-state index contributed by atoms with van der Waals surface area (Å²) in [6.07, 6.45) is 2.33. The van der Waals surface area contributed by atoms with E-state index in [4.69, 9.17) is 4.98 Å². The van der Waals surface area contributed by atoms with Gasteiger partial charge in [0.1, 0.15) is 0 Å². The van der Waals surface area contributed by atoms with Gasteiger partial charge in [-0.15, -0.1) is 11.3 Å². The Hall–Kier alpha value is -1.26. The average molecular weight is 260 g/mol. The molecule has 0 radical (unpaired) electrons. The maximum absolute atomic E-state index is 11.4. The minimum absolute atomic E-state index is 0.119. The maximum atomic E-state index is 11.4. The first-order valence-electron chi connectivity index (χ1n) is 6.36. The maximum Gasteiger partial charge on any atom is 0.159 e. The molecule has 2 aromatic rings. The third-order valence-corrected chi connectivity index (χ3v) is 4.68. The summed E-state index contributed by atoms with van der Waals surface area (Å²) in [5.74, 6) is 0.707. The molecular weight excluding hydrogens is 244 g/mol. The monoisotopic (exact) mass is 260 g/mol. The summed E-state index contributed by atoms with van der Waals surface area (Å²) in [6, 6.07) is 5.81. The Kier molecular flexibility index (Phi) is 3.14. The van der Waals surface area contributed by atoms with E-state index in [0.717, 1.165) is 28.9 Å². The van der Waals surface area contributed by atoms with Gasteiger partial charge in [-0.3, -0.25) is 4.79 Å². The number of nitrogens with zero attached hydrogens (tertiary/aromatic N) is 1. The van der Waals surface area contributed by atoms with Gasteiger partial charge in [-0.2, -0.15) is 0 Å². The number of ketones is 1. The predicted octanol–water partition coefficient (Wildman–Crippen LogP) is 2.97. The minimum atomic E-state index is 0.119. The lowest BCUT2D eigenvalue weighted by molar-refractivity contribution is 0.101. The molecule has 1 fully saturated rings. The molecule has 0 aliphatic carbocycles. The Morgan fingerprint density at radius 3 is 2.89 bits per heavy atom. The number of benzene rings is 1. The minimum Gasteiger partial charge on any atom is -0.317 e. The summed E-state index contributed by atoms with van der Waals surface area (Å²) in [5.41, 5.74) is 1.81. The molecule has 3 rings (SSSR count). The fourth-order valence-corrected chi connectivity index (χ4v) is 3.58. The van der Waals surface area contributed by atoms with Gasteiger partial charge in [0.25, 0.3) is 0 Å². The van der Waals surface area contributed by atoms with Crippen LogP contribution in [0.2, 0.25) is 0 Å². The summed E-state index contributed by atoms with van der Waals surface area (Å²) in [5, 5.41) is 4.60. The second-order valence-electron chi connectivity index (χ2n) is 4.82. The van der Waals surface area contributed by atoms with Crippen LogP contribution in [-0.4, -0.2) is 23.9 Å². The summed E-state index contributed by atoms with van der Waals surface area (Å²) >= 11 is 1.74. The smallest absolute Gasteiger partial charge is 0.159 e. The molecule has 0 atom stereocenters. The molecule has 0 amide bonds. The van der Waals surface area contributed by atoms with E-state index in [9.17, 15) is 4.79 Å². The van der Waals surface area contributed by atoms with Crippen molar-refractivity contribution in [2.45, 2.75) is 25.7 Å². The van der Waals surface area contributed by atoms with E-state index in [1.165, 1.54) is 17.8 Å². The van der Waals surface area contributed by atoms with E-state index >= 15 is 0 Å². The standard InChI is InChI=1S/C14H16N2OS/c1-9(17)11-2-3-12-13(8-11)18-14(16-12)10-4-6-15-7-5-10/h2-3,8,10,15H,4-7H2,1H3. The van der Waals surface area contributed by atoms with Crippen LogP contribution in [0.4, 0.5) is 0 Å². The van der Waals surface area contributed by atoms with E-state index < -0.39 is 0 Å². The van der Waals surface area contributed by atoms with Crippen molar-refractivity contribution in [1.29, 1.82) is 0 Å². The molecule has 94 valence electrons. The first-order valence-corrected chi connectivity index (χ1v) is 7.18. The lowest BCUT2D eigenvalue weighted by Gasteiger charge is -2.20. The fourth-order valence-electron chi connectivity index (χ4n) is 2.40. The first kappa shape index (κ1) is 11.8. The van der Waals surface area contributed by atoms with Crippen LogP contribution in [-0.2, 0) is 0 Å². The van der Waals surface area contributed by atoms with Gasteiger partial charge >= 0.3 is 0 Å². The summed E-state index contributed by atoms with van der Waals surface area (Å²) in [6.45, 7) is 3.77. The molecule has 1 aromatic heterocycles. The molecule has 0 saturated carbocycles. The van der Waals surface area contributed by atoms with E-state index in [1.807, 2.05) is 18.2 Å². The molecule has 18 heavy (non-hydrogen) atoms. The molecule has 1 N–H and O–H groups in total. The molecule has 4 heteroatoms. The van der Waals surface area contributed by atoms with Crippen LogP contribution in [0.1, 0.15) is 41.0 Å². The Balaban J connectivity index is 1.97. The molecular formula is C14H16N2OS. The molecule has 0 unspecified atom stereocenters. The number of carbonyl (C=O) groups is 1. The van der Waals surface area contributed by atoms with Crippen molar-refractivity contribution in [1.82, 2.24) is 10.3 Å². The highest BCUT2D eigenvalue weighted by Gasteiger charge is 2.19. The normalized spacial score (nSPS) is 17.2. The highest BCUT2D eigenvalue weighted by atomic mass is 32.1. The topological polar surface area (TPSA) is 42.0 Å². The van der Waals surface area contributed by atoms with Crippen molar-refractivity contribution in [3.63, 3.8) is 0 Å².